The Bertz CT molecular complexity index is 442. The standard InChI is InChI=1S/C13H26N2O4S/c1-5-9-20(18,19)15-8-6-7-11(15)12(16)14(4)10-13(2,3)17/h11,17H,5-10H2,1-4H3. The molecule has 0 saturated carbocycles. The van der Waals surface area contributed by atoms with Gasteiger partial charge in [0.1, 0.15) is 6.04 Å². The number of rotatable bonds is 6. The summed E-state index contributed by atoms with van der Waals surface area (Å²) in [5.74, 6) is -0.157. The Balaban J connectivity index is 2.82. The third-order valence-corrected chi connectivity index (χ3v) is 5.38. The zero-order chi connectivity index (χ0) is 15.6. The van der Waals surface area contributed by atoms with Crippen molar-refractivity contribution in [1.82, 2.24) is 9.21 Å². The van der Waals surface area contributed by atoms with Crippen LogP contribution in [0.2, 0.25) is 0 Å². The summed E-state index contributed by atoms with van der Waals surface area (Å²) in [4.78, 5) is 13.8. The first kappa shape index (κ1) is 17.4. The van der Waals surface area contributed by atoms with Gasteiger partial charge in [0.2, 0.25) is 15.9 Å². The number of likely N-dealkylation sites (N-methyl/N-ethyl adjacent to an activating group) is 1. The van der Waals surface area contributed by atoms with Crippen LogP contribution in [0.15, 0.2) is 0 Å². The summed E-state index contributed by atoms with van der Waals surface area (Å²) in [5.41, 5.74) is -0.990. The second kappa shape index (κ2) is 6.41. The topological polar surface area (TPSA) is 77.9 Å². The van der Waals surface area contributed by atoms with E-state index in [2.05, 4.69) is 0 Å². The van der Waals surface area contributed by atoms with Crippen molar-refractivity contribution in [3.8, 4) is 0 Å². The highest BCUT2D eigenvalue weighted by molar-refractivity contribution is 7.89. The first-order chi connectivity index (χ1) is 9.08. The van der Waals surface area contributed by atoms with Crippen molar-refractivity contribution >= 4 is 15.9 Å². The predicted molar refractivity (Wildman–Crippen MR) is 77.7 cm³/mol. The average molecular weight is 306 g/mol. The Hall–Kier alpha value is -0.660. The molecule has 7 heteroatoms. The molecule has 0 bridgehead atoms. The maximum absolute atomic E-state index is 12.4. The highest BCUT2D eigenvalue weighted by Gasteiger charge is 2.39. The molecule has 1 aliphatic heterocycles. The van der Waals surface area contributed by atoms with Crippen LogP contribution >= 0.6 is 0 Å². The summed E-state index contributed by atoms with van der Waals surface area (Å²) < 4.78 is 25.7. The molecule has 0 spiro atoms. The van der Waals surface area contributed by atoms with E-state index in [1.54, 1.807) is 20.9 Å². The zero-order valence-electron chi connectivity index (χ0n) is 12.8. The summed E-state index contributed by atoms with van der Waals surface area (Å²) >= 11 is 0. The van der Waals surface area contributed by atoms with E-state index in [1.165, 1.54) is 9.21 Å². The van der Waals surface area contributed by atoms with Crippen LogP contribution in [0.25, 0.3) is 0 Å². The average Bonchev–Trinajstić information content (AvgIpc) is 2.74. The molecule has 1 N–H and O–H groups in total. The molecule has 1 saturated heterocycles. The van der Waals surface area contributed by atoms with Gasteiger partial charge in [-0.3, -0.25) is 4.79 Å². The first-order valence-electron chi connectivity index (χ1n) is 7.05. The third-order valence-electron chi connectivity index (χ3n) is 3.31. The van der Waals surface area contributed by atoms with Gasteiger partial charge in [0.25, 0.3) is 0 Å². The Morgan fingerprint density at radius 2 is 2.05 bits per heavy atom. The number of hydrogen-bond donors (Lipinski definition) is 1. The molecule has 20 heavy (non-hydrogen) atoms. The fourth-order valence-electron chi connectivity index (χ4n) is 2.61. The Morgan fingerprint density at radius 3 is 2.55 bits per heavy atom. The molecule has 1 unspecified atom stereocenters. The van der Waals surface area contributed by atoms with E-state index in [0.717, 1.165) is 0 Å². The molecule has 1 aliphatic rings. The maximum Gasteiger partial charge on any atom is 0.240 e. The van der Waals surface area contributed by atoms with Crippen molar-refractivity contribution in [2.24, 2.45) is 0 Å². The molecule has 1 fully saturated rings. The summed E-state index contributed by atoms with van der Waals surface area (Å²) in [6, 6.07) is -0.612. The number of nitrogens with zero attached hydrogens (tertiary/aromatic N) is 2. The monoisotopic (exact) mass is 306 g/mol. The second-order valence-corrected chi connectivity index (χ2v) is 8.13. The van der Waals surface area contributed by atoms with Crippen LogP contribution in [-0.4, -0.2) is 66.2 Å². The number of amides is 1. The molecule has 118 valence electrons. The van der Waals surface area contributed by atoms with Crippen LogP contribution in [0, 0.1) is 0 Å². The van der Waals surface area contributed by atoms with E-state index in [1.807, 2.05) is 6.92 Å². The quantitative estimate of drug-likeness (QED) is 0.771. The highest BCUT2D eigenvalue weighted by Crippen LogP contribution is 2.23. The summed E-state index contributed by atoms with van der Waals surface area (Å²) in [6.07, 6.45) is 1.80. The Morgan fingerprint density at radius 1 is 1.45 bits per heavy atom. The Kier molecular flexibility index (Phi) is 5.57. The molecular formula is C13H26N2O4S. The molecule has 0 radical (unpaired) electrons. The molecule has 1 amide bonds. The van der Waals surface area contributed by atoms with Crippen molar-refractivity contribution < 1.29 is 18.3 Å². The molecule has 1 heterocycles. The van der Waals surface area contributed by atoms with E-state index in [9.17, 15) is 18.3 Å². The van der Waals surface area contributed by atoms with E-state index >= 15 is 0 Å². The molecule has 1 rings (SSSR count). The summed E-state index contributed by atoms with van der Waals surface area (Å²) in [7, 11) is -1.76. The molecular weight excluding hydrogens is 280 g/mol. The van der Waals surface area contributed by atoms with Gasteiger partial charge < -0.3 is 10.0 Å². The van der Waals surface area contributed by atoms with Crippen LogP contribution in [0.3, 0.4) is 0 Å². The molecule has 0 aromatic rings. The van der Waals surface area contributed by atoms with Gasteiger partial charge in [-0.05, 0) is 33.1 Å². The van der Waals surface area contributed by atoms with E-state index in [4.69, 9.17) is 0 Å². The zero-order valence-corrected chi connectivity index (χ0v) is 13.6. The van der Waals surface area contributed by atoms with Crippen molar-refractivity contribution in [2.75, 3.05) is 25.9 Å². The third kappa shape index (κ3) is 4.43. The number of aliphatic hydroxyl groups is 1. The van der Waals surface area contributed by atoms with Crippen LogP contribution in [-0.2, 0) is 14.8 Å². The smallest absolute Gasteiger partial charge is 0.240 e. The summed E-state index contributed by atoms with van der Waals surface area (Å²) in [5, 5.41) is 9.76. The lowest BCUT2D eigenvalue weighted by Crippen LogP contribution is -2.50. The lowest BCUT2D eigenvalue weighted by molar-refractivity contribution is -0.135. The second-order valence-electron chi connectivity index (χ2n) is 6.09. The first-order valence-corrected chi connectivity index (χ1v) is 8.66. The SMILES string of the molecule is CCCS(=O)(=O)N1CCCC1C(=O)N(C)CC(C)(C)O. The van der Waals surface area contributed by atoms with Crippen LogP contribution in [0.4, 0.5) is 0 Å². The van der Waals surface area contributed by atoms with Crippen molar-refractivity contribution in [1.29, 1.82) is 0 Å². The molecule has 0 aliphatic carbocycles. The van der Waals surface area contributed by atoms with Crippen LogP contribution in [0.1, 0.15) is 40.0 Å². The molecule has 6 nitrogen and oxygen atoms in total. The largest absolute Gasteiger partial charge is 0.389 e. The van der Waals surface area contributed by atoms with E-state index < -0.39 is 21.7 Å². The van der Waals surface area contributed by atoms with Crippen molar-refractivity contribution in [3.63, 3.8) is 0 Å². The minimum absolute atomic E-state index is 0.0754. The Labute approximate surface area is 121 Å². The molecule has 1 atom stereocenters. The van der Waals surface area contributed by atoms with Gasteiger partial charge in [-0.25, -0.2) is 8.42 Å². The van der Waals surface area contributed by atoms with Gasteiger partial charge in [0, 0.05) is 20.1 Å². The minimum atomic E-state index is -3.36. The van der Waals surface area contributed by atoms with Crippen molar-refractivity contribution in [3.05, 3.63) is 0 Å². The number of carbonyl (C=O) groups is 1. The predicted octanol–water partition coefficient (Wildman–Crippen LogP) is 0.420. The van der Waals surface area contributed by atoms with Gasteiger partial charge in [-0.15, -0.1) is 0 Å². The van der Waals surface area contributed by atoms with Gasteiger partial charge in [-0.1, -0.05) is 6.92 Å². The fraction of sp³-hybridized carbons (Fsp3) is 0.923. The number of hydrogen-bond acceptors (Lipinski definition) is 4. The highest BCUT2D eigenvalue weighted by atomic mass is 32.2. The van der Waals surface area contributed by atoms with E-state index in [0.29, 0.717) is 25.8 Å². The number of carbonyl (C=O) groups excluding carboxylic acids is 1. The van der Waals surface area contributed by atoms with Crippen molar-refractivity contribution in [2.45, 2.75) is 51.7 Å². The summed E-state index contributed by atoms with van der Waals surface area (Å²) in [6.45, 7) is 5.65. The molecule has 0 aromatic carbocycles. The van der Waals surface area contributed by atoms with Gasteiger partial charge in [0.15, 0.2) is 0 Å². The van der Waals surface area contributed by atoms with Crippen LogP contribution in [0.5, 0.6) is 0 Å². The fourth-order valence-corrected chi connectivity index (χ4v) is 4.35. The normalized spacial score (nSPS) is 21.1. The maximum atomic E-state index is 12.4. The lowest BCUT2D eigenvalue weighted by Gasteiger charge is -2.30. The van der Waals surface area contributed by atoms with Gasteiger partial charge in [-0.2, -0.15) is 4.31 Å². The minimum Gasteiger partial charge on any atom is -0.389 e. The number of sulfonamides is 1. The lowest BCUT2D eigenvalue weighted by atomic mass is 10.1. The van der Waals surface area contributed by atoms with Gasteiger partial charge in [0.05, 0.1) is 11.4 Å². The van der Waals surface area contributed by atoms with Gasteiger partial charge >= 0.3 is 0 Å². The van der Waals surface area contributed by atoms with E-state index in [-0.39, 0.29) is 18.2 Å². The van der Waals surface area contributed by atoms with Crippen LogP contribution < -0.4 is 0 Å². The molecule has 0 aromatic heterocycles.